The van der Waals surface area contributed by atoms with Crippen molar-refractivity contribution in [3.63, 3.8) is 0 Å². The minimum atomic E-state index is -0.951. The molecule has 0 aliphatic heterocycles. The van der Waals surface area contributed by atoms with Crippen LogP contribution < -0.4 is 0 Å². The number of nitrogens with zero attached hydrogens (tertiary/aromatic N) is 1. The van der Waals surface area contributed by atoms with Gasteiger partial charge < -0.3 is 15.3 Å². The summed E-state index contributed by atoms with van der Waals surface area (Å²) in [6, 6.07) is 5.80. The van der Waals surface area contributed by atoms with Crippen LogP contribution in [0.25, 0.3) is 0 Å². The number of rotatable bonds is 1. The molecule has 0 aromatic carbocycles. The average Bonchev–Trinajstić information content (AvgIpc) is 3.00. The monoisotopic (exact) mass is 399 g/mol. The van der Waals surface area contributed by atoms with Crippen LogP contribution in [0.15, 0.2) is 24.4 Å². The summed E-state index contributed by atoms with van der Waals surface area (Å²) in [6.07, 6.45) is 7.41. The zero-order valence-electron chi connectivity index (χ0n) is 18.1. The van der Waals surface area contributed by atoms with Gasteiger partial charge in [0.25, 0.3) is 0 Å². The largest absolute Gasteiger partial charge is 0.390 e. The SMILES string of the molecule is C[C@H]1CC[C@@]2(C)[C@H](C1)[C@@H](O)[C@H](O)C1[C@@H]2CC[C@@]2(C)[C@H]1CC[C@@]2(O)c1ccccn1. The maximum absolute atomic E-state index is 11.9. The summed E-state index contributed by atoms with van der Waals surface area (Å²) >= 11 is 0. The number of aliphatic hydroxyl groups is 3. The Labute approximate surface area is 174 Å². The van der Waals surface area contributed by atoms with Crippen molar-refractivity contribution >= 4 is 0 Å². The first-order valence-corrected chi connectivity index (χ1v) is 11.7. The topological polar surface area (TPSA) is 73.6 Å². The minimum Gasteiger partial charge on any atom is -0.390 e. The van der Waals surface area contributed by atoms with Crippen molar-refractivity contribution in [2.75, 3.05) is 0 Å². The maximum atomic E-state index is 11.9. The van der Waals surface area contributed by atoms with Gasteiger partial charge in [0.1, 0.15) is 5.60 Å². The van der Waals surface area contributed by atoms with Crippen LogP contribution in [-0.2, 0) is 5.60 Å². The van der Waals surface area contributed by atoms with Crippen molar-refractivity contribution in [3.05, 3.63) is 30.1 Å². The summed E-state index contributed by atoms with van der Waals surface area (Å²) in [7, 11) is 0. The van der Waals surface area contributed by atoms with Crippen LogP contribution in [0.1, 0.15) is 71.4 Å². The molecule has 1 heterocycles. The molecule has 0 saturated heterocycles. The zero-order chi connectivity index (χ0) is 20.6. The number of hydrogen-bond acceptors (Lipinski definition) is 4. The molecule has 4 saturated carbocycles. The number of hydrogen-bond donors (Lipinski definition) is 3. The van der Waals surface area contributed by atoms with E-state index in [0.717, 1.165) is 37.8 Å². The van der Waals surface area contributed by atoms with Crippen molar-refractivity contribution in [1.29, 1.82) is 0 Å². The Kier molecular flexibility index (Phi) is 4.48. The van der Waals surface area contributed by atoms with Crippen molar-refractivity contribution in [2.45, 2.75) is 83.5 Å². The molecule has 10 atom stereocenters. The van der Waals surface area contributed by atoms with Gasteiger partial charge >= 0.3 is 0 Å². The molecular formula is C25H37NO3. The van der Waals surface area contributed by atoms with Crippen molar-refractivity contribution in [2.24, 2.45) is 40.4 Å². The molecule has 4 aliphatic rings. The van der Waals surface area contributed by atoms with E-state index in [0.29, 0.717) is 18.3 Å². The molecule has 5 rings (SSSR count). The van der Waals surface area contributed by atoms with Gasteiger partial charge in [-0.2, -0.15) is 0 Å². The summed E-state index contributed by atoms with van der Waals surface area (Å²) in [5.41, 5.74) is -0.394. The second-order valence-corrected chi connectivity index (χ2v) is 11.3. The lowest BCUT2D eigenvalue weighted by Gasteiger charge is -2.64. The third-order valence-corrected chi connectivity index (χ3v) is 10.3. The number of aliphatic hydroxyl groups excluding tert-OH is 2. The molecular weight excluding hydrogens is 362 g/mol. The normalized spacial score (nSPS) is 54.3. The highest BCUT2D eigenvalue weighted by molar-refractivity contribution is 5.24. The Bertz CT molecular complexity index is 771. The number of fused-ring (bicyclic) bond motifs is 5. The summed E-state index contributed by atoms with van der Waals surface area (Å²) < 4.78 is 0. The Balaban J connectivity index is 1.53. The van der Waals surface area contributed by atoms with Gasteiger partial charge in [-0.25, -0.2) is 0 Å². The zero-order valence-corrected chi connectivity index (χ0v) is 18.1. The lowest BCUT2D eigenvalue weighted by molar-refractivity contribution is -0.230. The fraction of sp³-hybridized carbons (Fsp3) is 0.800. The van der Waals surface area contributed by atoms with Gasteiger partial charge in [-0.05, 0) is 85.7 Å². The fourth-order valence-corrected chi connectivity index (χ4v) is 8.51. The molecule has 4 heteroatoms. The van der Waals surface area contributed by atoms with E-state index in [-0.39, 0.29) is 28.6 Å². The molecule has 4 nitrogen and oxygen atoms in total. The third-order valence-electron chi connectivity index (χ3n) is 10.3. The number of pyridine rings is 1. The molecule has 29 heavy (non-hydrogen) atoms. The molecule has 1 unspecified atom stereocenters. The van der Waals surface area contributed by atoms with E-state index in [1.165, 1.54) is 6.42 Å². The Hall–Kier alpha value is -0.970. The summed E-state index contributed by atoms with van der Waals surface area (Å²) in [5.74, 6) is 1.54. The van der Waals surface area contributed by atoms with Crippen LogP contribution in [0.5, 0.6) is 0 Å². The lowest BCUT2D eigenvalue weighted by atomic mass is 9.42. The van der Waals surface area contributed by atoms with Gasteiger partial charge in [0.05, 0.1) is 17.9 Å². The highest BCUT2D eigenvalue weighted by atomic mass is 16.3. The lowest BCUT2D eigenvalue weighted by Crippen LogP contribution is -2.64. The van der Waals surface area contributed by atoms with E-state index in [4.69, 9.17) is 0 Å². The van der Waals surface area contributed by atoms with Gasteiger partial charge in [-0.3, -0.25) is 4.98 Å². The molecule has 3 N–H and O–H groups in total. The first-order chi connectivity index (χ1) is 13.7. The van der Waals surface area contributed by atoms with Crippen LogP contribution in [0.2, 0.25) is 0 Å². The molecule has 4 fully saturated rings. The third kappa shape index (κ3) is 2.52. The van der Waals surface area contributed by atoms with Crippen LogP contribution >= 0.6 is 0 Å². The second kappa shape index (κ2) is 6.51. The second-order valence-electron chi connectivity index (χ2n) is 11.3. The molecule has 0 bridgehead atoms. The smallest absolute Gasteiger partial charge is 0.112 e. The summed E-state index contributed by atoms with van der Waals surface area (Å²) in [5, 5.41) is 34.5. The molecule has 160 valence electrons. The van der Waals surface area contributed by atoms with Crippen molar-refractivity contribution in [1.82, 2.24) is 4.98 Å². The van der Waals surface area contributed by atoms with Gasteiger partial charge in [0.2, 0.25) is 0 Å². The van der Waals surface area contributed by atoms with Crippen LogP contribution in [-0.4, -0.2) is 32.5 Å². The van der Waals surface area contributed by atoms with E-state index >= 15 is 0 Å². The molecule has 1 aromatic heterocycles. The Morgan fingerprint density at radius 1 is 0.931 bits per heavy atom. The predicted octanol–water partition coefficient (Wildman–Crippen LogP) is 3.89. The summed E-state index contributed by atoms with van der Waals surface area (Å²) in [4.78, 5) is 4.53. The van der Waals surface area contributed by atoms with Gasteiger partial charge in [-0.15, -0.1) is 0 Å². The van der Waals surface area contributed by atoms with Crippen molar-refractivity contribution < 1.29 is 15.3 Å². The van der Waals surface area contributed by atoms with Crippen LogP contribution in [0.4, 0.5) is 0 Å². The standard InChI is InChI=1S/C25H37NO3/c1-15-7-10-23(2)16-8-11-24(3)17(20(16)22(28)21(27)18(23)14-15)9-12-25(24,29)19-6-4-5-13-26-19/h4-6,13,15-18,20-22,27-29H,7-12,14H2,1-3H3/t15-,16-,17-,18+,20?,21+,22+,23+,24-,25+/m0/s1. The van der Waals surface area contributed by atoms with E-state index in [1.807, 2.05) is 18.2 Å². The highest BCUT2D eigenvalue weighted by Gasteiger charge is 2.68. The van der Waals surface area contributed by atoms with Gasteiger partial charge in [0.15, 0.2) is 0 Å². The Morgan fingerprint density at radius 3 is 2.41 bits per heavy atom. The van der Waals surface area contributed by atoms with Gasteiger partial charge in [0, 0.05) is 11.6 Å². The predicted molar refractivity (Wildman–Crippen MR) is 112 cm³/mol. The number of aromatic nitrogens is 1. The Morgan fingerprint density at radius 2 is 1.69 bits per heavy atom. The quantitative estimate of drug-likeness (QED) is 0.670. The van der Waals surface area contributed by atoms with Gasteiger partial charge in [-0.1, -0.05) is 33.3 Å². The molecule has 0 amide bonds. The molecule has 1 aromatic rings. The first kappa shape index (κ1) is 20.0. The maximum Gasteiger partial charge on any atom is 0.112 e. The molecule has 0 spiro atoms. The fourth-order valence-electron chi connectivity index (χ4n) is 8.51. The first-order valence-electron chi connectivity index (χ1n) is 11.7. The van der Waals surface area contributed by atoms with Crippen molar-refractivity contribution in [3.8, 4) is 0 Å². The van der Waals surface area contributed by atoms with E-state index < -0.39 is 17.8 Å². The molecule has 4 aliphatic carbocycles. The van der Waals surface area contributed by atoms with Crippen LogP contribution in [0, 0.1) is 40.4 Å². The van der Waals surface area contributed by atoms with E-state index in [1.54, 1.807) is 6.20 Å². The summed E-state index contributed by atoms with van der Waals surface area (Å²) in [6.45, 7) is 6.89. The molecule has 0 radical (unpaired) electrons. The average molecular weight is 400 g/mol. The van der Waals surface area contributed by atoms with E-state index in [2.05, 4.69) is 25.8 Å². The van der Waals surface area contributed by atoms with Crippen LogP contribution in [0.3, 0.4) is 0 Å². The van der Waals surface area contributed by atoms with E-state index in [9.17, 15) is 15.3 Å². The minimum absolute atomic E-state index is 0.0659. The highest BCUT2D eigenvalue weighted by Crippen LogP contribution is 2.70.